The van der Waals surface area contributed by atoms with Gasteiger partial charge >= 0.3 is 5.97 Å². The van der Waals surface area contributed by atoms with Gasteiger partial charge in [-0.2, -0.15) is 0 Å². The maximum atomic E-state index is 13.5. The number of rotatable bonds is 6. The Balaban J connectivity index is 1.86. The van der Waals surface area contributed by atoms with Crippen LogP contribution in [-0.2, 0) is 19.7 Å². The molecule has 1 saturated carbocycles. The molecule has 3 nitrogen and oxygen atoms in total. The number of hydrogen-bond donors (Lipinski definition) is 0. The summed E-state index contributed by atoms with van der Waals surface area (Å²) in [5.74, 6) is 0.523. The van der Waals surface area contributed by atoms with Gasteiger partial charge in [-0.3, -0.25) is 0 Å². The van der Waals surface area contributed by atoms with Gasteiger partial charge in [0.25, 0.3) is 0 Å². The SMILES string of the molecule is C[C@@H]1CC[C@@H](C(C)(C)c2ccccc2)[C@H](OC(=O)[C@H](OC(C)(C)C)c2ccccc2)C1. The Labute approximate surface area is 188 Å². The summed E-state index contributed by atoms with van der Waals surface area (Å²) in [4.78, 5) is 13.5. The molecule has 0 heterocycles. The minimum absolute atomic E-state index is 0.0839. The molecule has 1 aliphatic rings. The second-order valence-corrected chi connectivity index (χ2v) is 10.6. The van der Waals surface area contributed by atoms with E-state index in [-0.39, 0.29) is 23.4 Å². The molecule has 4 atom stereocenters. The summed E-state index contributed by atoms with van der Waals surface area (Å²) >= 11 is 0. The largest absolute Gasteiger partial charge is 0.460 e. The first-order valence-corrected chi connectivity index (χ1v) is 11.6. The molecule has 2 aromatic carbocycles. The Morgan fingerprint density at radius 1 is 0.903 bits per heavy atom. The van der Waals surface area contributed by atoms with E-state index in [1.165, 1.54) is 5.56 Å². The fraction of sp³-hybridized carbons (Fsp3) is 0.536. The van der Waals surface area contributed by atoms with Crippen molar-refractivity contribution < 1.29 is 14.3 Å². The second kappa shape index (κ2) is 9.56. The summed E-state index contributed by atoms with van der Waals surface area (Å²) in [6, 6.07) is 20.3. The molecular formula is C28H38O3. The van der Waals surface area contributed by atoms with Crippen molar-refractivity contribution in [3.8, 4) is 0 Å². The van der Waals surface area contributed by atoms with E-state index in [0.29, 0.717) is 5.92 Å². The smallest absolute Gasteiger partial charge is 0.340 e. The van der Waals surface area contributed by atoms with E-state index in [1.54, 1.807) is 0 Å². The number of ether oxygens (including phenoxy) is 2. The van der Waals surface area contributed by atoms with Gasteiger partial charge in [-0.15, -0.1) is 0 Å². The molecule has 0 amide bonds. The molecule has 0 N–H and O–H groups in total. The lowest BCUT2D eigenvalue weighted by Crippen LogP contribution is -2.44. The predicted molar refractivity (Wildman–Crippen MR) is 126 cm³/mol. The van der Waals surface area contributed by atoms with Crippen LogP contribution >= 0.6 is 0 Å². The third-order valence-corrected chi connectivity index (χ3v) is 6.55. The van der Waals surface area contributed by atoms with Gasteiger partial charge in [-0.25, -0.2) is 4.79 Å². The molecule has 3 rings (SSSR count). The summed E-state index contributed by atoms with van der Waals surface area (Å²) in [5, 5.41) is 0. The van der Waals surface area contributed by atoms with Crippen LogP contribution in [0, 0.1) is 11.8 Å². The van der Waals surface area contributed by atoms with Crippen LogP contribution in [0.25, 0.3) is 0 Å². The molecule has 2 aromatic rings. The minimum atomic E-state index is -0.723. The topological polar surface area (TPSA) is 35.5 Å². The highest BCUT2D eigenvalue weighted by molar-refractivity contribution is 5.77. The van der Waals surface area contributed by atoms with Gasteiger partial charge in [0.1, 0.15) is 6.10 Å². The van der Waals surface area contributed by atoms with E-state index in [2.05, 4.69) is 45.0 Å². The van der Waals surface area contributed by atoms with E-state index < -0.39 is 11.7 Å². The molecule has 0 aromatic heterocycles. The van der Waals surface area contributed by atoms with Gasteiger partial charge in [0.05, 0.1) is 5.60 Å². The van der Waals surface area contributed by atoms with E-state index in [4.69, 9.17) is 9.47 Å². The van der Waals surface area contributed by atoms with Crippen molar-refractivity contribution >= 4 is 5.97 Å². The molecule has 0 aliphatic heterocycles. The molecule has 1 aliphatic carbocycles. The molecule has 0 radical (unpaired) electrons. The summed E-state index contributed by atoms with van der Waals surface area (Å²) < 4.78 is 12.5. The molecule has 1 fully saturated rings. The van der Waals surface area contributed by atoms with Gasteiger partial charge in [-0.05, 0) is 56.1 Å². The van der Waals surface area contributed by atoms with Gasteiger partial charge in [0.15, 0.2) is 6.10 Å². The molecular weight excluding hydrogens is 384 g/mol. The molecule has 0 spiro atoms. The summed E-state index contributed by atoms with van der Waals surface area (Å²) in [5.41, 5.74) is 1.59. The Morgan fingerprint density at radius 3 is 2.06 bits per heavy atom. The fourth-order valence-corrected chi connectivity index (χ4v) is 4.81. The van der Waals surface area contributed by atoms with Crippen molar-refractivity contribution in [2.75, 3.05) is 0 Å². The Kier molecular flexibility index (Phi) is 7.26. The van der Waals surface area contributed by atoms with Crippen molar-refractivity contribution in [3.63, 3.8) is 0 Å². The average Bonchev–Trinajstić information content (AvgIpc) is 2.72. The number of carbonyl (C=O) groups is 1. The first kappa shape index (κ1) is 23.5. The maximum absolute atomic E-state index is 13.5. The lowest BCUT2D eigenvalue weighted by Gasteiger charge is -2.44. The number of esters is 1. The van der Waals surface area contributed by atoms with Crippen LogP contribution in [0.2, 0.25) is 0 Å². The number of carbonyl (C=O) groups excluding carboxylic acids is 1. The van der Waals surface area contributed by atoms with Crippen LogP contribution in [0.5, 0.6) is 0 Å². The van der Waals surface area contributed by atoms with Crippen molar-refractivity contribution in [3.05, 3.63) is 71.8 Å². The monoisotopic (exact) mass is 422 g/mol. The van der Waals surface area contributed by atoms with Gasteiger partial charge in [0.2, 0.25) is 0 Å². The van der Waals surface area contributed by atoms with Crippen LogP contribution in [0.3, 0.4) is 0 Å². The third kappa shape index (κ3) is 5.98. The fourth-order valence-electron chi connectivity index (χ4n) is 4.81. The van der Waals surface area contributed by atoms with E-state index in [1.807, 2.05) is 57.2 Å². The standard InChI is InChI=1S/C28H38O3/c1-20-17-18-23(28(5,6)22-15-11-8-12-16-22)24(19-20)30-26(29)25(31-27(2,3)4)21-13-9-7-10-14-21/h7-16,20,23-25H,17-19H2,1-6H3/t20-,23-,24-,25-/m1/s1. The zero-order valence-electron chi connectivity index (χ0n) is 19.9. The molecule has 0 unspecified atom stereocenters. The van der Waals surface area contributed by atoms with Crippen LogP contribution < -0.4 is 0 Å². The Morgan fingerprint density at radius 2 is 1.48 bits per heavy atom. The Bertz CT molecular complexity index is 836. The lowest BCUT2D eigenvalue weighted by atomic mass is 9.64. The summed E-state index contributed by atoms with van der Waals surface area (Å²) in [6.07, 6.45) is 2.26. The predicted octanol–water partition coefficient (Wildman–Crippen LogP) is 6.87. The van der Waals surface area contributed by atoms with Gasteiger partial charge in [-0.1, -0.05) is 87.9 Å². The lowest BCUT2D eigenvalue weighted by molar-refractivity contribution is -0.179. The van der Waals surface area contributed by atoms with Crippen molar-refractivity contribution in [2.24, 2.45) is 11.8 Å². The first-order valence-electron chi connectivity index (χ1n) is 11.6. The van der Waals surface area contributed by atoms with E-state index >= 15 is 0 Å². The number of hydrogen-bond acceptors (Lipinski definition) is 3. The van der Waals surface area contributed by atoms with Crippen LogP contribution in [0.1, 0.15) is 78.0 Å². The van der Waals surface area contributed by atoms with Crippen molar-refractivity contribution in [1.82, 2.24) is 0 Å². The maximum Gasteiger partial charge on any atom is 0.340 e. The summed E-state index contributed by atoms with van der Waals surface area (Å²) in [7, 11) is 0. The number of benzene rings is 2. The normalized spacial score (nSPS) is 23.2. The second-order valence-electron chi connectivity index (χ2n) is 10.6. The zero-order valence-corrected chi connectivity index (χ0v) is 19.9. The van der Waals surface area contributed by atoms with Crippen LogP contribution in [-0.4, -0.2) is 17.7 Å². The molecule has 0 bridgehead atoms. The highest BCUT2D eigenvalue weighted by atomic mass is 16.6. The quantitative estimate of drug-likeness (QED) is 0.477. The highest BCUT2D eigenvalue weighted by Gasteiger charge is 2.43. The molecule has 3 heteroatoms. The van der Waals surface area contributed by atoms with E-state index in [9.17, 15) is 4.79 Å². The van der Waals surface area contributed by atoms with Gasteiger partial charge < -0.3 is 9.47 Å². The average molecular weight is 423 g/mol. The molecule has 0 saturated heterocycles. The van der Waals surface area contributed by atoms with Crippen LogP contribution in [0.4, 0.5) is 0 Å². The Hall–Kier alpha value is -2.13. The molecule has 31 heavy (non-hydrogen) atoms. The van der Waals surface area contributed by atoms with Crippen molar-refractivity contribution in [2.45, 2.75) is 84.0 Å². The minimum Gasteiger partial charge on any atom is -0.460 e. The summed E-state index contributed by atoms with van der Waals surface area (Å²) in [6.45, 7) is 12.7. The van der Waals surface area contributed by atoms with Crippen LogP contribution in [0.15, 0.2) is 60.7 Å². The highest BCUT2D eigenvalue weighted by Crippen LogP contribution is 2.44. The molecule has 168 valence electrons. The van der Waals surface area contributed by atoms with Crippen molar-refractivity contribution in [1.29, 1.82) is 0 Å². The zero-order chi connectivity index (χ0) is 22.6. The van der Waals surface area contributed by atoms with E-state index in [0.717, 1.165) is 24.8 Å². The first-order chi connectivity index (χ1) is 14.6. The van der Waals surface area contributed by atoms with Gasteiger partial charge in [0, 0.05) is 5.92 Å². The third-order valence-electron chi connectivity index (χ3n) is 6.55.